The summed E-state index contributed by atoms with van der Waals surface area (Å²) in [5.41, 5.74) is 5.25. The molecule has 1 nitrogen and oxygen atoms in total. The first kappa shape index (κ1) is 14.0. The number of unbranched alkanes of at least 4 members (excludes halogenated alkanes) is 1. The van der Waals surface area contributed by atoms with Crippen molar-refractivity contribution in [2.75, 3.05) is 0 Å². The van der Waals surface area contributed by atoms with Crippen LogP contribution in [0.4, 0.5) is 0 Å². The molecule has 22 heavy (non-hydrogen) atoms. The van der Waals surface area contributed by atoms with E-state index in [-0.39, 0.29) is 0 Å². The molecule has 0 amide bonds. The Hall–Kier alpha value is -1.60. The summed E-state index contributed by atoms with van der Waals surface area (Å²) in [6, 6.07) is 17.7. The fraction of sp³-hybridized carbons (Fsp3) is 0.429. The molecule has 0 aliphatic heterocycles. The lowest BCUT2D eigenvalue weighted by atomic mass is 9.74. The molecule has 0 saturated heterocycles. The third-order valence-corrected chi connectivity index (χ3v) is 5.66. The van der Waals surface area contributed by atoms with E-state index in [2.05, 4.69) is 55.5 Å². The second-order valence-electron chi connectivity index (χ2n) is 7.10. The van der Waals surface area contributed by atoms with Gasteiger partial charge in [-0.05, 0) is 41.5 Å². The Morgan fingerprint density at radius 2 is 1.27 bits per heavy atom. The number of hydrogen-bond acceptors (Lipinski definition) is 1. The number of rotatable bonds is 3. The van der Waals surface area contributed by atoms with Gasteiger partial charge in [0.25, 0.3) is 0 Å². The van der Waals surface area contributed by atoms with E-state index in [1.54, 1.807) is 0 Å². The van der Waals surface area contributed by atoms with Gasteiger partial charge in [-0.3, -0.25) is 0 Å². The van der Waals surface area contributed by atoms with Gasteiger partial charge >= 0.3 is 0 Å². The molecule has 0 saturated carbocycles. The molecule has 0 radical (unpaired) electrons. The van der Waals surface area contributed by atoms with Crippen LogP contribution in [0.3, 0.4) is 0 Å². The molecule has 2 aromatic carbocycles. The molecule has 0 fully saturated rings. The minimum atomic E-state index is -0.524. The summed E-state index contributed by atoms with van der Waals surface area (Å²) in [4.78, 5) is 0. The van der Waals surface area contributed by atoms with Crippen LogP contribution in [0.2, 0.25) is 0 Å². The molecular weight excluding hydrogens is 268 g/mol. The van der Waals surface area contributed by atoms with E-state index in [1.165, 1.54) is 22.3 Å². The summed E-state index contributed by atoms with van der Waals surface area (Å²) < 4.78 is 0. The van der Waals surface area contributed by atoms with Gasteiger partial charge in [-0.1, -0.05) is 68.3 Å². The topological polar surface area (TPSA) is 20.2 Å². The van der Waals surface area contributed by atoms with Gasteiger partial charge in [0, 0.05) is 11.8 Å². The van der Waals surface area contributed by atoms with Gasteiger partial charge in [-0.25, -0.2) is 0 Å². The summed E-state index contributed by atoms with van der Waals surface area (Å²) in [6.07, 6.45) is 4.94. The first-order valence-corrected chi connectivity index (χ1v) is 8.62. The lowest BCUT2D eigenvalue weighted by Crippen LogP contribution is -2.29. The summed E-state index contributed by atoms with van der Waals surface area (Å²) in [5.74, 6) is 0.709. The highest BCUT2D eigenvalue weighted by Gasteiger charge is 2.44. The Morgan fingerprint density at radius 1 is 0.864 bits per heavy atom. The quantitative estimate of drug-likeness (QED) is 0.846. The molecule has 114 valence electrons. The maximum Gasteiger partial charge on any atom is 0.0665 e. The fourth-order valence-corrected chi connectivity index (χ4v) is 4.62. The van der Waals surface area contributed by atoms with Gasteiger partial charge < -0.3 is 5.11 Å². The Kier molecular flexibility index (Phi) is 3.34. The van der Waals surface area contributed by atoms with Crippen molar-refractivity contribution in [3.63, 3.8) is 0 Å². The predicted octanol–water partition coefficient (Wildman–Crippen LogP) is 4.98. The molecule has 0 heterocycles. The fourth-order valence-electron chi connectivity index (χ4n) is 4.62. The van der Waals surface area contributed by atoms with Crippen molar-refractivity contribution in [1.29, 1.82) is 0 Å². The zero-order valence-electron chi connectivity index (χ0n) is 13.3. The molecular formula is C21H24O. The second-order valence-corrected chi connectivity index (χ2v) is 7.10. The zero-order valence-corrected chi connectivity index (χ0v) is 13.3. The van der Waals surface area contributed by atoms with Crippen LogP contribution in [0.1, 0.15) is 73.1 Å². The van der Waals surface area contributed by atoms with Crippen LogP contribution >= 0.6 is 0 Å². The number of aliphatic hydroxyl groups is 1. The van der Waals surface area contributed by atoms with Crippen molar-refractivity contribution in [1.82, 2.24) is 0 Å². The molecule has 2 bridgehead atoms. The van der Waals surface area contributed by atoms with Gasteiger partial charge in [-0.2, -0.15) is 0 Å². The summed E-state index contributed by atoms with van der Waals surface area (Å²) in [6.45, 7) is 2.21. The molecule has 1 N–H and O–H groups in total. The average Bonchev–Trinajstić information content (AvgIpc) is 2.77. The first-order chi connectivity index (χ1) is 10.7. The lowest BCUT2D eigenvalue weighted by molar-refractivity contribution is 0.0107. The van der Waals surface area contributed by atoms with E-state index in [4.69, 9.17) is 0 Å². The van der Waals surface area contributed by atoms with Crippen molar-refractivity contribution in [3.05, 3.63) is 70.8 Å². The SMILES string of the molecule is CCCCC1(O)CC2c3ccccc3C(C1)c1ccccc12. The highest BCUT2D eigenvalue weighted by atomic mass is 16.3. The molecule has 0 aromatic heterocycles. The number of hydrogen-bond donors (Lipinski definition) is 1. The average molecular weight is 292 g/mol. The van der Waals surface area contributed by atoms with Gasteiger partial charge in [0.1, 0.15) is 0 Å². The van der Waals surface area contributed by atoms with Crippen LogP contribution in [0.5, 0.6) is 0 Å². The Labute approximate surface area is 133 Å². The van der Waals surface area contributed by atoms with Crippen molar-refractivity contribution < 1.29 is 5.11 Å². The Balaban J connectivity index is 1.85. The van der Waals surface area contributed by atoms with E-state index in [0.29, 0.717) is 11.8 Å². The predicted molar refractivity (Wildman–Crippen MR) is 90.3 cm³/mol. The second kappa shape index (κ2) is 5.24. The third kappa shape index (κ3) is 2.11. The van der Waals surface area contributed by atoms with E-state index in [0.717, 1.165) is 32.1 Å². The van der Waals surface area contributed by atoms with Crippen LogP contribution in [0, 0.1) is 0 Å². The highest BCUT2D eigenvalue weighted by Crippen LogP contribution is 2.54. The van der Waals surface area contributed by atoms with E-state index >= 15 is 0 Å². The van der Waals surface area contributed by atoms with Gasteiger partial charge in [0.05, 0.1) is 5.60 Å². The smallest absolute Gasteiger partial charge is 0.0665 e. The maximum absolute atomic E-state index is 11.3. The maximum atomic E-state index is 11.3. The van der Waals surface area contributed by atoms with Crippen LogP contribution in [-0.2, 0) is 0 Å². The zero-order chi connectivity index (χ0) is 15.2. The molecule has 0 atom stereocenters. The Bertz CT molecular complexity index is 588. The largest absolute Gasteiger partial charge is 0.390 e. The Morgan fingerprint density at radius 3 is 1.64 bits per heavy atom. The van der Waals surface area contributed by atoms with Crippen LogP contribution in [-0.4, -0.2) is 10.7 Å². The van der Waals surface area contributed by atoms with Crippen LogP contribution < -0.4 is 0 Å². The van der Waals surface area contributed by atoms with Gasteiger partial charge in [0.15, 0.2) is 0 Å². The molecule has 0 spiro atoms. The van der Waals surface area contributed by atoms with E-state index in [1.807, 2.05) is 0 Å². The van der Waals surface area contributed by atoms with E-state index < -0.39 is 5.60 Å². The van der Waals surface area contributed by atoms with Crippen molar-refractivity contribution >= 4 is 0 Å². The highest BCUT2D eigenvalue weighted by molar-refractivity contribution is 5.54. The monoisotopic (exact) mass is 292 g/mol. The summed E-state index contributed by atoms with van der Waals surface area (Å²) in [7, 11) is 0. The number of benzene rings is 2. The van der Waals surface area contributed by atoms with Crippen molar-refractivity contribution in [2.24, 2.45) is 0 Å². The van der Waals surface area contributed by atoms with Gasteiger partial charge in [-0.15, -0.1) is 0 Å². The molecule has 3 aliphatic carbocycles. The molecule has 0 unspecified atom stereocenters. The molecule has 5 rings (SSSR count). The minimum absolute atomic E-state index is 0.355. The van der Waals surface area contributed by atoms with Crippen LogP contribution in [0.25, 0.3) is 0 Å². The summed E-state index contributed by atoms with van der Waals surface area (Å²) in [5, 5.41) is 11.3. The molecule has 3 aliphatic rings. The lowest BCUT2D eigenvalue weighted by Gasteiger charge is -2.30. The standard InChI is InChI=1S/C21H24O/c1-2-3-12-21(22)13-19-15-8-4-5-9-16(15)20(14-21)18-11-7-6-10-17(18)19/h4-11,19-20,22H,2-3,12-14H2,1H3. The van der Waals surface area contributed by atoms with Crippen LogP contribution in [0.15, 0.2) is 48.5 Å². The van der Waals surface area contributed by atoms with Crippen molar-refractivity contribution in [3.8, 4) is 0 Å². The number of fused-ring (bicyclic) bond motifs is 2. The first-order valence-electron chi connectivity index (χ1n) is 8.62. The molecule has 2 aromatic rings. The van der Waals surface area contributed by atoms with E-state index in [9.17, 15) is 5.11 Å². The molecule has 1 heteroatoms. The normalized spacial score (nSPS) is 28.8. The summed E-state index contributed by atoms with van der Waals surface area (Å²) >= 11 is 0. The third-order valence-electron chi connectivity index (χ3n) is 5.66. The van der Waals surface area contributed by atoms with Crippen molar-refractivity contribution in [2.45, 2.75) is 56.5 Å². The minimum Gasteiger partial charge on any atom is -0.390 e. The van der Waals surface area contributed by atoms with Gasteiger partial charge in [0.2, 0.25) is 0 Å².